The van der Waals surface area contributed by atoms with Crippen molar-refractivity contribution < 1.29 is 9.59 Å². The zero-order valence-electron chi connectivity index (χ0n) is 13.1. The highest BCUT2D eigenvalue weighted by Gasteiger charge is 2.25. The fraction of sp³-hybridized carbons (Fsp3) is 0.857. The minimum absolute atomic E-state index is 0.0844. The summed E-state index contributed by atoms with van der Waals surface area (Å²) in [5.41, 5.74) is 5.84. The smallest absolute Gasteiger partial charge is 0.244 e. The number of nitrogens with two attached hydrogens (primary N) is 1. The third kappa shape index (κ3) is 7.15. The van der Waals surface area contributed by atoms with Crippen LogP contribution in [-0.4, -0.2) is 42.9 Å². The van der Waals surface area contributed by atoms with Crippen LogP contribution in [0.2, 0.25) is 0 Å². The van der Waals surface area contributed by atoms with Gasteiger partial charge < -0.3 is 16.0 Å². The molecule has 19 heavy (non-hydrogen) atoms. The molecule has 0 aliphatic carbocycles. The summed E-state index contributed by atoms with van der Waals surface area (Å²) in [4.78, 5) is 25.5. The summed E-state index contributed by atoms with van der Waals surface area (Å²) in [6, 6.07) is -1.04. The van der Waals surface area contributed by atoms with Crippen LogP contribution in [0.15, 0.2) is 0 Å². The standard InChI is InChI=1S/C14H29N3O2/c1-9(2)7-11(15)13(18)16-12(8-10(3)4)14(19)17(5)6/h9-12H,7-8,15H2,1-6H3,(H,16,18)/t11-,12?/m0/s1. The van der Waals surface area contributed by atoms with Gasteiger partial charge in [0.25, 0.3) is 0 Å². The van der Waals surface area contributed by atoms with Gasteiger partial charge in [0.1, 0.15) is 6.04 Å². The first-order valence-corrected chi connectivity index (χ1v) is 6.92. The molecule has 0 rings (SSSR count). The number of hydrogen-bond donors (Lipinski definition) is 2. The number of nitrogens with zero attached hydrogens (tertiary/aromatic N) is 1. The van der Waals surface area contributed by atoms with Crippen molar-refractivity contribution in [1.82, 2.24) is 10.2 Å². The molecule has 2 amide bonds. The molecule has 0 saturated heterocycles. The van der Waals surface area contributed by atoms with Crippen LogP contribution >= 0.6 is 0 Å². The maximum absolute atomic E-state index is 12.0. The van der Waals surface area contributed by atoms with Gasteiger partial charge in [-0.25, -0.2) is 0 Å². The molecule has 0 aromatic carbocycles. The molecule has 0 saturated carbocycles. The molecule has 0 spiro atoms. The maximum Gasteiger partial charge on any atom is 0.244 e. The van der Waals surface area contributed by atoms with Gasteiger partial charge in [-0.15, -0.1) is 0 Å². The fourth-order valence-corrected chi connectivity index (χ4v) is 1.90. The highest BCUT2D eigenvalue weighted by atomic mass is 16.2. The van der Waals surface area contributed by atoms with E-state index in [2.05, 4.69) is 5.32 Å². The van der Waals surface area contributed by atoms with E-state index in [0.717, 1.165) is 0 Å². The molecule has 0 aromatic heterocycles. The first kappa shape index (κ1) is 17.9. The van der Waals surface area contributed by atoms with Crippen molar-refractivity contribution in [3.63, 3.8) is 0 Å². The number of nitrogens with one attached hydrogen (secondary N) is 1. The zero-order valence-corrected chi connectivity index (χ0v) is 13.1. The van der Waals surface area contributed by atoms with Crippen molar-refractivity contribution in [2.75, 3.05) is 14.1 Å². The van der Waals surface area contributed by atoms with E-state index in [1.54, 1.807) is 14.1 Å². The molecular formula is C14H29N3O2. The molecule has 0 fully saturated rings. The van der Waals surface area contributed by atoms with E-state index in [9.17, 15) is 9.59 Å². The Bertz CT molecular complexity index is 301. The molecule has 0 aliphatic rings. The van der Waals surface area contributed by atoms with Crippen LogP contribution in [0.25, 0.3) is 0 Å². The lowest BCUT2D eigenvalue weighted by atomic mass is 10.0. The highest BCUT2D eigenvalue weighted by Crippen LogP contribution is 2.08. The molecule has 2 atom stereocenters. The molecule has 0 bridgehead atoms. The molecule has 5 heteroatoms. The third-order valence-electron chi connectivity index (χ3n) is 2.82. The monoisotopic (exact) mass is 271 g/mol. The van der Waals surface area contributed by atoms with Crippen molar-refractivity contribution in [3.8, 4) is 0 Å². The molecule has 1 unspecified atom stereocenters. The van der Waals surface area contributed by atoms with Crippen molar-refractivity contribution in [2.45, 2.75) is 52.6 Å². The van der Waals surface area contributed by atoms with Gasteiger partial charge in [0.15, 0.2) is 0 Å². The van der Waals surface area contributed by atoms with Gasteiger partial charge in [0.2, 0.25) is 11.8 Å². The normalized spacial score (nSPS) is 14.4. The number of likely N-dealkylation sites (N-methyl/N-ethyl adjacent to an activating group) is 1. The van der Waals surface area contributed by atoms with Gasteiger partial charge >= 0.3 is 0 Å². The van der Waals surface area contributed by atoms with E-state index in [0.29, 0.717) is 24.7 Å². The molecule has 0 heterocycles. The lowest BCUT2D eigenvalue weighted by molar-refractivity contribution is -0.135. The van der Waals surface area contributed by atoms with E-state index in [-0.39, 0.29) is 11.8 Å². The summed E-state index contributed by atoms with van der Waals surface area (Å²) < 4.78 is 0. The second-order valence-electron chi connectivity index (χ2n) is 6.16. The molecule has 5 nitrogen and oxygen atoms in total. The molecular weight excluding hydrogens is 242 g/mol. The van der Waals surface area contributed by atoms with Crippen LogP contribution < -0.4 is 11.1 Å². The summed E-state index contributed by atoms with van der Waals surface area (Å²) in [7, 11) is 3.38. The fourth-order valence-electron chi connectivity index (χ4n) is 1.90. The summed E-state index contributed by atoms with van der Waals surface area (Å²) in [5, 5.41) is 2.78. The topological polar surface area (TPSA) is 75.4 Å². The predicted octanol–water partition coefficient (Wildman–Crippen LogP) is 0.979. The van der Waals surface area contributed by atoms with Gasteiger partial charge in [-0.2, -0.15) is 0 Å². The second-order valence-corrected chi connectivity index (χ2v) is 6.16. The van der Waals surface area contributed by atoms with Gasteiger partial charge in [0, 0.05) is 14.1 Å². The highest BCUT2D eigenvalue weighted by molar-refractivity contribution is 5.89. The average molecular weight is 271 g/mol. The van der Waals surface area contributed by atoms with Crippen LogP contribution in [0.3, 0.4) is 0 Å². The van der Waals surface area contributed by atoms with E-state index in [1.807, 2.05) is 27.7 Å². The molecule has 0 aromatic rings. The maximum atomic E-state index is 12.0. The SMILES string of the molecule is CC(C)CC(NC(=O)[C@@H](N)CC(C)C)C(=O)N(C)C. The lowest BCUT2D eigenvalue weighted by Crippen LogP contribution is -2.52. The Hall–Kier alpha value is -1.10. The molecule has 0 radical (unpaired) electrons. The van der Waals surface area contributed by atoms with Gasteiger partial charge in [-0.05, 0) is 24.7 Å². The molecule has 112 valence electrons. The number of hydrogen-bond acceptors (Lipinski definition) is 3. The van der Waals surface area contributed by atoms with Crippen LogP contribution in [0.4, 0.5) is 0 Å². The molecule has 0 aliphatic heterocycles. The average Bonchev–Trinajstić information content (AvgIpc) is 2.25. The van der Waals surface area contributed by atoms with E-state index in [1.165, 1.54) is 4.90 Å². The third-order valence-corrected chi connectivity index (χ3v) is 2.82. The Balaban J connectivity index is 4.63. The Labute approximate surface area is 116 Å². The van der Waals surface area contributed by atoms with E-state index in [4.69, 9.17) is 5.73 Å². The van der Waals surface area contributed by atoms with Crippen LogP contribution in [0.5, 0.6) is 0 Å². The number of carbonyl (C=O) groups excluding carboxylic acids is 2. The summed E-state index contributed by atoms with van der Waals surface area (Å²) in [6.07, 6.45) is 1.24. The first-order chi connectivity index (χ1) is 8.65. The lowest BCUT2D eigenvalue weighted by Gasteiger charge is -2.25. The molecule has 3 N–H and O–H groups in total. The quantitative estimate of drug-likeness (QED) is 0.724. The Kier molecular flexibility index (Phi) is 7.68. The number of carbonyl (C=O) groups is 2. The Morgan fingerprint density at radius 1 is 1.05 bits per heavy atom. The Morgan fingerprint density at radius 3 is 1.89 bits per heavy atom. The minimum Gasteiger partial charge on any atom is -0.347 e. The van der Waals surface area contributed by atoms with Crippen molar-refractivity contribution in [3.05, 3.63) is 0 Å². The van der Waals surface area contributed by atoms with Crippen molar-refractivity contribution in [2.24, 2.45) is 17.6 Å². The second kappa shape index (κ2) is 8.15. The number of amides is 2. The first-order valence-electron chi connectivity index (χ1n) is 6.92. The largest absolute Gasteiger partial charge is 0.347 e. The van der Waals surface area contributed by atoms with E-state index >= 15 is 0 Å². The zero-order chi connectivity index (χ0) is 15.2. The summed E-state index contributed by atoms with van der Waals surface area (Å²) >= 11 is 0. The van der Waals surface area contributed by atoms with Gasteiger partial charge in [-0.3, -0.25) is 9.59 Å². The van der Waals surface area contributed by atoms with Gasteiger partial charge in [-0.1, -0.05) is 27.7 Å². The minimum atomic E-state index is -0.551. The summed E-state index contributed by atoms with van der Waals surface area (Å²) in [6.45, 7) is 8.08. The van der Waals surface area contributed by atoms with Gasteiger partial charge in [0.05, 0.1) is 6.04 Å². The predicted molar refractivity (Wildman–Crippen MR) is 77.5 cm³/mol. The Morgan fingerprint density at radius 2 is 1.53 bits per heavy atom. The van der Waals surface area contributed by atoms with Crippen LogP contribution in [-0.2, 0) is 9.59 Å². The number of rotatable bonds is 7. The van der Waals surface area contributed by atoms with Crippen molar-refractivity contribution in [1.29, 1.82) is 0 Å². The van der Waals surface area contributed by atoms with Crippen molar-refractivity contribution >= 4 is 11.8 Å². The van der Waals surface area contributed by atoms with Crippen LogP contribution in [0, 0.1) is 11.8 Å². The van der Waals surface area contributed by atoms with Crippen LogP contribution in [0.1, 0.15) is 40.5 Å². The summed E-state index contributed by atoms with van der Waals surface area (Å²) in [5.74, 6) is 0.359. The van der Waals surface area contributed by atoms with E-state index < -0.39 is 12.1 Å².